The average Bonchev–Trinajstić information content (AvgIpc) is 2.85. The minimum Gasteiger partial charge on any atom is -0.303 e. The summed E-state index contributed by atoms with van der Waals surface area (Å²) in [5.41, 5.74) is -0.250. The fraction of sp³-hybridized carbons (Fsp3) is 0.938. The molecule has 2 rings (SSSR count). The Morgan fingerprint density at radius 1 is 1.26 bits per heavy atom. The fourth-order valence-corrected chi connectivity index (χ4v) is 3.96. The van der Waals surface area contributed by atoms with E-state index >= 15 is 0 Å². The predicted molar refractivity (Wildman–Crippen MR) is 78.9 cm³/mol. The number of nitrogens with one attached hydrogen (secondary N) is 1. The summed E-state index contributed by atoms with van der Waals surface area (Å²) in [5, 5.41) is 12.8. The lowest BCUT2D eigenvalue weighted by Gasteiger charge is -2.31. The van der Waals surface area contributed by atoms with Gasteiger partial charge >= 0.3 is 0 Å². The Kier molecular flexibility index (Phi) is 5.24. The van der Waals surface area contributed by atoms with Crippen molar-refractivity contribution >= 4 is 0 Å². The van der Waals surface area contributed by atoms with E-state index in [0.29, 0.717) is 6.04 Å². The Morgan fingerprint density at radius 2 is 2.00 bits per heavy atom. The Bertz CT molecular complexity index is 316. The van der Waals surface area contributed by atoms with Crippen LogP contribution in [0.4, 0.5) is 0 Å². The van der Waals surface area contributed by atoms with E-state index in [-0.39, 0.29) is 5.54 Å². The zero-order valence-corrected chi connectivity index (χ0v) is 12.6. The lowest BCUT2D eigenvalue weighted by atomic mass is 9.88. The molecule has 0 spiro atoms. The molecule has 0 aromatic carbocycles. The van der Waals surface area contributed by atoms with E-state index in [1.807, 2.05) is 0 Å². The van der Waals surface area contributed by atoms with Gasteiger partial charge in [0, 0.05) is 12.6 Å². The highest BCUT2D eigenvalue weighted by molar-refractivity contribution is 5.13. The predicted octanol–water partition coefficient (Wildman–Crippen LogP) is 2.92. The third kappa shape index (κ3) is 3.70. The zero-order chi connectivity index (χ0) is 13.7. The average molecular weight is 263 g/mol. The molecule has 2 atom stereocenters. The molecule has 3 nitrogen and oxygen atoms in total. The molecule has 2 unspecified atom stereocenters. The van der Waals surface area contributed by atoms with Gasteiger partial charge in [-0.3, -0.25) is 5.32 Å². The Labute approximate surface area is 118 Å². The molecule has 2 saturated carbocycles. The minimum absolute atomic E-state index is 0.250. The van der Waals surface area contributed by atoms with Crippen molar-refractivity contribution in [2.45, 2.75) is 69.9 Å². The topological polar surface area (TPSA) is 39.1 Å². The first-order valence-corrected chi connectivity index (χ1v) is 8.05. The van der Waals surface area contributed by atoms with E-state index in [4.69, 9.17) is 0 Å². The highest BCUT2D eigenvalue weighted by Gasteiger charge is 2.40. The molecule has 0 aliphatic heterocycles. The molecule has 2 fully saturated rings. The Hall–Kier alpha value is -0.590. The van der Waals surface area contributed by atoms with Gasteiger partial charge in [0.2, 0.25) is 0 Å². The minimum atomic E-state index is -0.250. The molecule has 19 heavy (non-hydrogen) atoms. The van der Waals surface area contributed by atoms with Crippen LogP contribution >= 0.6 is 0 Å². The van der Waals surface area contributed by atoms with Crippen molar-refractivity contribution in [3.63, 3.8) is 0 Å². The summed E-state index contributed by atoms with van der Waals surface area (Å²) in [4.78, 5) is 2.53. The van der Waals surface area contributed by atoms with Crippen molar-refractivity contribution in [3.8, 4) is 6.07 Å². The molecular formula is C16H29N3. The quantitative estimate of drug-likeness (QED) is 0.829. The van der Waals surface area contributed by atoms with Crippen molar-refractivity contribution in [2.75, 3.05) is 20.1 Å². The van der Waals surface area contributed by atoms with Crippen molar-refractivity contribution in [2.24, 2.45) is 5.92 Å². The molecule has 0 bridgehead atoms. The highest BCUT2D eigenvalue weighted by Crippen LogP contribution is 2.33. The van der Waals surface area contributed by atoms with Crippen molar-refractivity contribution < 1.29 is 0 Å². The largest absolute Gasteiger partial charge is 0.303 e. The zero-order valence-electron chi connectivity index (χ0n) is 12.6. The second-order valence-corrected chi connectivity index (χ2v) is 6.56. The van der Waals surface area contributed by atoms with Crippen LogP contribution in [-0.2, 0) is 0 Å². The SMILES string of the molecule is CCNC1(C#N)CCC(N(C)CC2CCCCC2)C1. The maximum atomic E-state index is 9.44. The number of nitriles is 1. The van der Waals surface area contributed by atoms with Gasteiger partial charge in [-0.1, -0.05) is 26.2 Å². The first-order chi connectivity index (χ1) is 9.19. The number of nitrogens with zero attached hydrogens (tertiary/aromatic N) is 2. The van der Waals surface area contributed by atoms with Crippen LogP contribution in [0.15, 0.2) is 0 Å². The van der Waals surface area contributed by atoms with Crippen LogP contribution in [0, 0.1) is 17.2 Å². The third-order valence-corrected chi connectivity index (χ3v) is 5.11. The summed E-state index contributed by atoms with van der Waals surface area (Å²) in [7, 11) is 2.26. The van der Waals surface area contributed by atoms with Crippen LogP contribution in [-0.4, -0.2) is 36.6 Å². The molecule has 1 N–H and O–H groups in total. The van der Waals surface area contributed by atoms with Gasteiger partial charge in [-0.05, 0) is 51.6 Å². The van der Waals surface area contributed by atoms with Gasteiger partial charge in [0.1, 0.15) is 5.54 Å². The number of rotatable bonds is 5. The summed E-state index contributed by atoms with van der Waals surface area (Å²) < 4.78 is 0. The first-order valence-electron chi connectivity index (χ1n) is 8.05. The summed E-state index contributed by atoms with van der Waals surface area (Å²) in [6.45, 7) is 4.23. The lowest BCUT2D eigenvalue weighted by molar-refractivity contribution is 0.179. The number of hydrogen-bond donors (Lipinski definition) is 1. The van der Waals surface area contributed by atoms with Crippen LogP contribution in [0.2, 0.25) is 0 Å². The molecular weight excluding hydrogens is 234 g/mol. The standard InChI is InChI=1S/C16H29N3/c1-3-18-16(13-17)10-9-15(11-16)19(2)12-14-7-5-4-6-8-14/h14-15,18H,3-12H2,1-2H3. The van der Waals surface area contributed by atoms with Crippen LogP contribution in [0.25, 0.3) is 0 Å². The van der Waals surface area contributed by atoms with Crippen molar-refractivity contribution in [1.82, 2.24) is 10.2 Å². The Morgan fingerprint density at radius 3 is 2.63 bits per heavy atom. The third-order valence-electron chi connectivity index (χ3n) is 5.11. The van der Waals surface area contributed by atoms with E-state index < -0.39 is 0 Å². The molecule has 0 saturated heterocycles. The van der Waals surface area contributed by atoms with Crippen molar-refractivity contribution in [1.29, 1.82) is 5.26 Å². The van der Waals surface area contributed by atoms with Gasteiger partial charge in [0.25, 0.3) is 0 Å². The number of hydrogen-bond acceptors (Lipinski definition) is 3. The van der Waals surface area contributed by atoms with Crippen LogP contribution in [0.1, 0.15) is 58.3 Å². The molecule has 0 aromatic rings. The van der Waals surface area contributed by atoms with E-state index in [9.17, 15) is 5.26 Å². The maximum Gasteiger partial charge on any atom is 0.108 e. The first kappa shape index (κ1) is 14.8. The van der Waals surface area contributed by atoms with Crippen LogP contribution in [0.5, 0.6) is 0 Å². The van der Waals surface area contributed by atoms with Gasteiger partial charge in [0.05, 0.1) is 6.07 Å². The molecule has 3 heteroatoms. The molecule has 0 heterocycles. The van der Waals surface area contributed by atoms with Gasteiger partial charge in [-0.15, -0.1) is 0 Å². The monoisotopic (exact) mass is 263 g/mol. The molecule has 0 radical (unpaired) electrons. The van der Waals surface area contributed by atoms with E-state index in [2.05, 4.69) is 30.3 Å². The summed E-state index contributed by atoms with van der Waals surface area (Å²) in [5.74, 6) is 0.898. The van der Waals surface area contributed by atoms with E-state index in [1.165, 1.54) is 45.1 Å². The van der Waals surface area contributed by atoms with Crippen LogP contribution < -0.4 is 5.32 Å². The molecule has 108 valence electrons. The highest BCUT2D eigenvalue weighted by atomic mass is 15.1. The van der Waals surface area contributed by atoms with E-state index in [0.717, 1.165) is 25.3 Å². The maximum absolute atomic E-state index is 9.44. The van der Waals surface area contributed by atoms with Gasteiger partial charge in [-0.25, -0.2) is 0 Å². The van der Waals surface area contributed by atoms with Crippen LogP contribution in [0.3, 0.4) is 0 Å². The fourth-order valence-electron chi connectivity index (χ4n) is 3.96. The molecule has 0 amide bonds. The summed E-state index contributed by atoms with van der Waals surface area (Å²) in [6, 6.07) is 3.13. The molecule has 0 aromatic heterocycles. The molecule has 2 aliphatic rings. The summed E-state index contributed by atoms with van der Waals surface area (Å²) >= 11 is 0. The molecule has 2 aliphatic carbocycles. The van der Waals surface area contributed by atoms with Gasteiger partial charge in [-0.2, -0.15) is 5.26 Å². The smallest absolute Gasteiger partial charge is 0.108 e. The second kappa shape index (κ2) is 6.72. The van der Waals surface area contributed by atoms with Gasteiger partial charge in [0.15, 0.2) is 0 Å². The van der Waals surface area contributed by atoms with E-state index in [1.54, 1.807) is 0 Å². The van der Waals surface area contributed by atoms with Crippen molar-refractivity contribution in [3.05, 3.63) is 0 Å². The second-order valence-electron chi connectivity index (χ2n) is 6.56. The normalized spacial score (nSPS) is 32.6. The summed E-state index contributed by atoms with van der Waals surface area (Å²) in [6.07, 6.45) is 10.3. The Balaban J connectivity index is 1.83. The lowest BCUT2D eigenvalue weighted by Crippen LogP contribution is -2.43. The van der Waals surface area contributed by atoms with Gasteiger partial charge < -0.3 is 4.90 Å².